The van der Waals surface area contributed by atoms with E-state index >= 15 is 0 Å². The van der Waals surface area contributed by atoms with Crippen LogP contribution in [0.25, 0.3) is 0 Å². The van der Waals surface area contributed by atoms with Crippen LogP contribution in [0.2, 0.25) is 0 Å². The van der Waals surface area contributed by atoms with E-state index in [0.717, 1.165) is 28.9 Å². The highest BCUT2D eigenvalue weighted by Gasteiger charge is 2.10. The minimum absolute atomic E-state index is 0.307. The van der Waals surface area contributed by atoms with Gasteiger partial charge in [-0.3, -0.25) is 9.78 Å². The second kappa shape index (κ2) is 7.31. The van der Waals surface area contributed by atoms with Crippen molar-refractivity contribution in [1.82, 2.24) is 4.98 Å². The predicted molar refractivity (Wildman–Crippen MR) is 97.7 cm³/mol. The molecule has 0 aliphatic heterocycles. The normalized spacial score (nSPS) is 10.5. The third-order valence-corrected chi connectivity index (χ3v) is 3.84. The van der Waals surface area contributed by atoms with E-state index in [1.165, 1.54) is 18.5 Å². The maximum atomic E-state index is 13.3. The van der Waals surface area contributed by atoms with Gasteiger partial charge in [0.2, 0.25) is 0 Å². The zero-order chi connectivity index (χ0) is 18.7. The number of hydrogen-bond acceptors (Lipinski definition) is 3. The predicted octanol–water partition coefficient (Wildman–Crippen LogP) is 4.97. The summed E-state index contributed by atoms with van der Waals surface area (Å²) in [5, 5.41) is 5.75. The Bertz CT molecular complexity index is 973. The largest absolute Gasteiger partial charge is 0.354 e. The number of nitrogens with one attached hydrogen (secondary N) is 2. The van der Waals surface area contributed by atoms with Crippen molar-refractivity contribution in [1.29, 1.82) is 0 Å². The van der Waals surface area contributed by atoms with Gasteiger partial charge in [-0.25, -0.2) is 8.78 Å². The van der Waals surface area contributed by atoms with Gasteiger partial charge in [0.25, 0.3) is 5.91 Å². The fraction of sp³-hybridized carbons (Fsp3) is 0.100. The molecule has 26 heavy (non-hydrogen) atoms. The van der Waals surface area contributed by atoms with Gasteiger partial charge in [-0.05, 0) is 43.7 Å². The molecule has 0 aliphatic rings. The molecule has 1 heterocycles. The van der Waals surface area contributed by atoms with Crippen molar-refractivity contribution in [3.8, 4) is 0 Å². The van der Waals surface area contributed by atoms with E-state index in [1.807, 2.05) is 32.0 Å². The minimum Gasteiger partial charge on any atom is -0.354 e. The molecule has 3 rings (SSSR count). The molecule has 3 aromatic rings. The van der Waals surface area contributed by atoms with E-state index in [0.29, 0.717) is 16.9 Å². The number of hydrogen-bond donors (Lipinski definition) is 2. The summed E-state index contributed by atoms with van der Waals surface area (Å²) in [6, 6.07) is 10.8. The van der Waals surface area contributed by atoms with Crippen LogP contribution in [-0.2, 0) is 0 Å². The number of aryl methyl sites for hydroxylation is 2. The molecule has 4 nitrogen and oxygen atoms in total. The Balaban J connectivity index is 1.77. The summed E-state index contributed by atoms with van der Waals surface area (Å²) in [7, 11) is 0. The van der Waals surface area contributed by atoms with Crippen molar-refractivity contribution in [3.05, 3.63) is 83.2 Å². The quantitative estimate of drug-likeness (QED) is 0.696. The van der Waals surface area contributed by atoms with E-state index in [9.17, 15) is 13.6 Å². The number of pyridine rings is 1. The summed E-state index contributed by atoms with van der Waals surface area (Å²) in [5.74, 6) is -2.18. The first kappa shape index (κ1) is 17.5. The first-order chi connectivity index (χ1) is 12.4. The molecule has 1 amide bonds. The van der Waals surface area contributed by atoms with Gasteiger partial charge in [0, 0.05) is 23.6 Å². The molecule has 0 saturated carbocycles. The number of rotatable bonds is 4. The highest BCUT2D eigenvalue weighted by atomic mass is 19.2. The van der Waals surface area contributed by atoms with Gasteiger partial charge in [-0.1, -0.05) is 17.7 Å². The van der Waals surface area contributed by atoms with Gasteiger partial charge in [0.15, 0.2) is 11.6 Å². The topological polar surface area (TPSA) is 54.0 Å². The van der Waals surface area contributed by atoms with Crippen LogP contribution in [-0.4, -0.2) is 10.9 Å². The lowest BCUT2D eigenvalue weighted by Gasteiger charge is -2.11. The number of carbonyl (C=O) groups is 1. The average Bonchev–Trinajstić information content (AvgIpc) is 2.61. The van der Waals surface area contributed by atoms with Crippen molar-refractivity contribution in [2.24, 2.45) is 0 Å². The molecule has 0 saturated heterocycles. The number of halogens is 2. The molecule has 0 fully saturated rings. The van der Waals surface area contributed by atoms with E-state index in [2.05, 4.69) is 15.6 Å². The van der Waals surface area contributed by atoms with Crippen molar-refractivity contribution in [2.75, 3.05) is 10.6 Å². The molecule has 0 atom stereocenters. The van der Waals surface area contributed by atoms with Gasteiger partial charge < -0.3 is 10.6 Å². The van der Waals surface area contributed by atoms with Crippen LogP contribution >= 0.6 is 0 Å². The molecule has 0 aliphatic carbocycles. The molecular formula is C20H17F2N3O. The first-order valence-electron chi connectivity index (χ1n) is 7.98. The van der Waals surface area contributed by atoms with Crippen molar-refractivity contribution in [2.45, 2.75) is 13.8 Å². The highest BCUT2D eigenvalue weighted by molar-refractivity contribution is 6.05. The Hall–Kier alpha value is -3.28. The van der Waals surface area contributed by atoms with Crippen molar-refractivity contribution >= 4 is 23.0 Å². The van der Waals surface area contributed by atoms with Crippen LogP contribution in [0.15, 0.2) is 54.9 Å². The van der Waals surface area contributed by atoms with Crippen LogP contribution in [0.1, 0.15) is 21.5 Å². The second-order valence-corrected chi connectivity index (χ2v) is 5.99. The van der Waals surface area contributed by atoms with E-state index in [-0.39, 0.29) is 5.91 Å². The van der Waals surface area contributed by atoms with E-state index in [4.69, 9.17) is 0 Å². The fourth-order valence-corrected chi connectivity index (χ4v) is 2.52. The van der Waals surface area contributed by atoms with Crippen molar-refractivity contribution < 1.29 is 13.6 Å². The van der Waals surface area contributed by atoms with Gasteiger partial charge >= 0.3 is 0 Å². The monoisotopic (exact) mass is 353 g/mol. The lowest BCUT2D eigenvalue weighted by Crippen LogP contribution is -2.13. The van der Waals surface area contributed by atoms with Crippen molar-refractivity contribution in [3.63, 3.8) is 0 Å². The molecule has 1 aromatic heterocycles. The number of aromatic nitrogens is 1. The lowest BCUT2D eigenvalue weighted by molar-refractivity contribution is 0.102. The third kappa shape index (κ3) is 4.03. The molecular weight excluding hydrogens is 336 g/mol. The van der Waals surface area contributed by atoms with Crippen LogP contribution < -0.4 is 10.6 Å². The van der Waals surface area contributed by atoms with E-state index in [1.54, 1.807) is 6.07 Å². The Morgan fingerprint density at radius 3 is 2.46 bits per heavy atom. The molecule has 0 radical (unpaired) electrons. The third-order valence-electron chi connectivity index (χ3n) is 3.84. The smallest absolute Gasteiger partial charge is 0.257 e. The maximum absolute atomic E-state index is 13.3. The first-order valence-corrected chi connectivity index (χ1v) is 7.98. The summed E-state index contributed by atoms with van der Waals surface area (Å²) in [6.45, 7) is 3.90. The summed E-state index contributed by atoms with van der Waals surface area (Å²) in [5.41, 5.74) is 3.99. The fourth-order valence-electron chi connectivity index (χ4n) is 2.52. The van der Waals surface area contributed by atoms with Gasteiger partial charge in [-0.15, -0.1) is 0 Å². The zero-order valence-electron chi connectivity index (χ0n) is 14.3. The van der Waals surface area contributed by atoms with Crippen LogP contribution in [0.5, 0.6) is 0 Å². The summed E-state index contributed by atoms with van der Waals surface area (Å²) in [4.78, 5) is 16.5. The lowest BCUT2D eigenvalue weighted by atomic mass is 10.1. The van der Waals surface area contributed by atoms with Crippen LogP contribution in [0, 0.1) is 25.5 Å². The molecule has 0 unspecified atom stereocenters. The number of anilines is 3. The Morgan fingerprint density at radius 2 is 1.73 bits per heavy atom. The SMILES string of the molecule is Cc1ccc(NC(=O)c2cncc(Nc3ccc(F)c(F)c3)c2)c(C)c1. The summed E-state index contributed by atoms with van der Waals surface area (Å²) >= 11 is 0. The maximum Gasteiger partial charge on any atom is 0.257 e. The molecule has 0 bridgehead atoms. The van der Waals surface area contributed by atoms with Crippen LogP contribution in [0.4, 0.5) is 25.8 Å². The van der Waals surface area contributed by atoms with E-state index < -0.39 is 11.6 Å². The Morgan fingerprint density at radius 1 is 0.923 bits per heavy atom. The minimum atomic E-state index is -0.952. The Labute approximate surface area is 149 Å². The Kier molecular flexibility index (Phi) is 4.93. The number of carbonyl (C=O) groups excluding carboxylic acids is 1. The van der Waals surface area contributed by atoms with Gasteiger partial charge in [-0.2, -0.15) is 0 Å². The van der Waals surface area contributed by atoms with Crippen LogP contribution in [0.3, 0.4) is 0 Å². The zero-order valence-corrected chi connectivity index (χ0v) is 14.3. The molecule has 2 N–H and O–H groups in total. The second-order valence-electron chi connectivity index (χ2n) is 5.99. The molecule has 132 valence electrons. The molecule has 0 spiro atoms. The number of nitrogens with zero attached hydrogens (tertiary/aromatic N) is 1. The van der Waals surface area contributed by atoms with Gasteiger partial charge in [0.05, 0.1) is 17.4 Å². The summed E-state index contributed by atoms with van der Waals surface area (Å²) < 4.78 is 26.3. The number of amides is 1. The standard InChI is InChI=1S/C20H17F2N3O/c1-12-3-6-19(13(2)7-12)25-20(26)14-8-16(11-23-10-14)24-15-4-5-17(21)18(22)9-15/h3-11,24H,1-2H3,(H,25,26). The molecule has 2 aromatic carbocycles. The number of benzene rings is 2. The molecule has 6 heteroatoms. The van der Waals surface area contributed by atoms with Gasteiger partial charge in [0.1, 0.15) is 0 Å². The average molecular weight is 353 g/mol. The summed E-state index contributed by atoms with van der Waals surface area (Å²) in [6.07, 6.45) is 2.93. The highest BCUT2D eigenvalue weighted by Crippen LogP contribution is 2.21.